The topological polar surface area (TPSA) is 28.2 Å². The fourth-order valence-electron chi connectivity index (χ4n) is 2.17. The van der Waals surface area contributed by atoms with Crippen LogP contribution in [-0.4, -0.2) is 43.6 Å². The Morgan fingerprint density at radius 2 is 1.94 bits per heavy atom. The lowest BCUT2D eigenvalue weighted by Crippen LogP contribution is -2.37. The first-order valence-electron chi connectivity index (χ1n) is 6.35. The van der Waals surface area contributed by atoms with E-state index >= 15 is 0 Å². The van der Waals surface area contributed by atoms with Crippen molar-refractivity contribution in [2.75, 3.05) is 27.7 Å². The van der Waals surface area contributed by atoms with Crippen molar-refractivity contribution in [1.82, 2.24) is 15.2 Å². The number of benzene rings is 1. The minimum atomic E-state index is 0.439. The van der Waals surface area contributed by atoms with Gasteiger partial charge < -0.3 is 10.2 Å². The molecule has 3 heteroatoms. The maximum absolute atomic E-state index is 4.71. The molecule has 0 saturated carbocycles. The summed E-state index contributed by atoms with van der Waals surface area (Å²) in [4.78, 5) is 6.91. The first-order valence-corrected chi connectivity index (χ1v) is 6.35. The summed E-state index contributed by atoms with van der Waals surface area (Å²) in [7, 11) is 6.20. The molecule has 18 heavy (non-hydrogen) atoms. The first kappa shape index (κ1) is 13.0. The van der Waals surface area contributed by atoms with Gasteiger partial charge in [-0.2, -0.15) is 0 Å². The van der Waals surface area contributed by atoms with Crippen LogP contribution in [0.5, 0.6) is 0 Å². The monoisotopic (exact) mass is 243 g/mol. The minimum absolute atomic E-state index is 0.439. The molecule has 0 amide bonds. The molecule has 0 aliphatic rings. The third kappa shape index (κ3) is 3.28. The van der Waals surface area contributed by atoms with Gasteiger partial charge in [-0.15, -0.1) is 0 Å². The number of aromatic nitrogens is 1. The highest BCUT2D eigenvalue weighted by molar-refractivity contribution is 5.78. The molecule has 1 atom stereocenters. The summed E-state index contributed by atoms with van der Waals surface area (Å²) < 4.78 is 0. The van der Waals surface area contributed by atoms with Crippen LogP contribution in [0.25, 0.3) is 10.9 Å². The highest BCUT2D eigenvalue weighted by Gasteiger charge is 2.09. The van der Waals surface area contributed by atoms with Crippen molar-refractivity contribution in [2.45, 2.75) is 12.5 Å². The zero-order valence-corrected chi connectivity index (χ0v) is 11.4. The van der Waals surface area contributed by atoms with Crippen molar-refractivity contribution >= 4 is 10.9 Å². The van der Waals surface area contributed by atoms with Crippen molar-refractivity contribution in [3.63, 3.8) is 0 Å². The largest absolute Gasteiger partial charge is 0.315 e. The highest BCUT2D eigenvalue weighted by atomic mass is 15.1. The lowest BCUT2D eigenvalue weighted by atomic mass is 10.1. The summed E-state index contributed by atoms with van der Waals surface area (Å²) in [5, 5.41) is 4.55. The van der Waals surface area contributed by atoms with Crippen LogP contribution in [0, 0.1) is 0 Å². The smallest absolute Gasteiger partial charge is 0.0705 e. The first-order chi connectivity index (χ1) is 8.69. The van der Waals surface area contributed by atoms with Gasteiger partial charge >= 0.3 is 0 Å². The molecule has 0 fully saturated rings. The van der Waals surface area contributed by atoms with Crippen molar-refractivity contribution in [1.29, 1.82) is 0 Å². The lowest BCUT2D eigenvalue weighted by molar-refractivity contribution is 0.345. The van der Waals surface area contributed by atoms with E-state index in [4.69, 9.17) is 4.98 Å². The third-order valence-electron chi connectivity index (χ3n) is 3.11. The second-order valence-electron chi connectivity index (χ2n) is 4.95. The number of nitrogens with zero attached hydrogens (tertiary/aromatic N) is 2. The van der Waals surface area contributed by atoms with Gasteiger partial charge in [-0.1, -0.05) is 24.3 Å². The predicted octanol–water partition coefficient (Wildman–Crippen LogP) is 1.93. The molecule has 0 aliphatic heterocycles. The summed E-state index contributed by atoms with van der Waals surface area (Å²) in [5.41, 5.74) is 2.23. The van der Waals surface area contributed by atoms with Gasteiger partial charge in [-0.25, -0.2) is 0 Å². The number of para-hydroxylation sites is 1. The summed E-state index contributed by atoms with van der Waals surface area (Å²) in [6.45, 7) is 1.02. The van der Waals surface area contributed by atoms with Crippen molar-refractivity contribution in [3.8, 4) is 0 Å². The van der Waals surface area contributed by atoms with Gasteiger partial charge in [0.2, 0.25) is 0 Å². The molecule has 0 spiro atoms. The number of hydrogen-bond acceptors (Lipinski definition) is 3. The lowest BCUT2D eigenvalue weighted by Gasteiger charge is -2.20. The van der Waals surface area contributed by atoms with Gasteiger partial charge in [0.05, 0.1) is 5.52 Å². The standard InChI is InChI=1S/C15H21N3/c1-16-14(11-18(2)3)10-13-9-8-12-6-4-5-7-15(12)17-13/h4-9,14,16H,10-11H2,1-3H3. The second-order valence-corrected chi connectivity index (χ2v) is 4.95. The fourth-order valence-corrected chi connectivity index (χ4v) is 2.17. The van der Waals surface area contributed by atoms with Crippen LogP contribution in [0.15, 0.2) is 36.4 Å². The van der Waals surface area contributed by atoms with Gasteiger partial charge in [-0.3, -0.25) is 4.98 Å². The second kappa shape index (κ2) is 5.94. The molecule has 0 bridgehead atoms. The number of hydrogen-bond donors (Lipinski definition) is 1. The van der Waals surface area contributed by atoms with Crippen LogP contribution in [0.1, 0.15) is 5.69 Å². The summed E-state index contributed by atoms with van der Waals surface area (Å²) in [6, 6.07) is 13.0. The summed E-state index contributed by atoms with van der Waals surface area (Å²) >= 11 is 0. The van der Waals surface area contributed by atoms with Crippen LogP contribution >= 0.6 is 0 Å². The van der Waals surface area contributed by atoms with Crippen LogP contribution in [0.2, 0.25) is 0 Å². The van der Waals surface area contributed by atoms with Gasteiger partial charge in [0.25, 0.3) is 0 Å². The Balaban J connectivity index is 2.15. The molecule has 1 aromatic carbocycles. The number of rotatable bonds is 5. The van der Waals surface area contributed by atoms with E-state index in [1.165, 1.54) is 5.39 Å². The highest BCUT2D eigenvalue weighted by Crippen LogP contribution is 2.12. The van der Waals surface area contributed by atoms with E-state index in [9.17, 15) is 0 Å². The predicted molar refractivity (Wildman–Crippen MR) is 76.8 cm³/mol. The molecule has 0 radical (unpaired) electrons. The Hall–Kier alpha value is -1.45. The van der Waals surface area contributed by atoms with E-state index in [-0.39, 0.29) is 0 Å². The SMILES string of the molecule is CNC(Cc1ccc2ccccc2n1)CN(C)C. The molecule has 3 nitrogen and oxygen atoms in total. The van der Waals surface area contributed by atoms with Crippen molar-refractivity contribution < 1.29 is 0 Å². The van der Waals surface area contributed by atoms with E-state index in [1.807, 2.05) is 19.2 Å². The van der Waals surface area contributed by atoms with Gasteiger partial charge in [0.1, 0.15) is 0 Å². The van der Waals surface area contributed by atoms with Crippen LogP contribution in [-0.2, 0) is 6.42 Å². The number of fused-ring (bicyclic) bond motifs is 1. The molecular weight excluding hydrogens is 222 g/mol. The molecule has 0 saturated heterocycles. The molecule has 1 aromatic heterocycles. The summed E-state index contributed by atoms with van der Waals surface area (Å²) in [5.74, 6) is 0. The van der Waals surface area contributed by atoms with Gasteiger partial charge in [0.15, 0.2) is 0 Å². The fraction of sp³-hybridized carbons (Fsp3) is 0.400. The molecule has 1 heterocycles. The van der Waals surface area contributed by atoms with E-state index in [1.54, 1.807) is 0 Å². The maximum atomic E-state index is 4.71. The molecular formula is C15H21N3. The molecule has 1 unspecified atom stereocenters. The average Bonchev–Trinajstić information content (AvgIpc) is 2.37. The normalized spacial score (nSPS) is 13.1. The third-order valence-corrected chi connectivity index (χ3v) is 3.11. The summed E-state index contributed by atoms with van der Waals surface area (Å²) in [6.07, 6.45) is 0.958. The van der Waals surface area contributed by atoms with E-state index in [0.717, 1.165) is 24.2 Å². The zero-order chi connectivity index (χ0) is 13.0. The minimum Gasteiger partial charge on any atom is -0.315 e. The van der Waals surface area contributed by atoms with E-state index in [2.05, 4.69) is 48.6 Å². The molecule has 1 N–H and O–H groups in total. The number of pyridine rings is 1. The van der Waals surface area contributed by atoms with Gasteiger partial charge in [-0.05, 0) is 33.3 Å². The Bertz CT molecular complexity index is 508. The van der Waals surface area contributed by atoms with Gasteiger partial charge in [0, 0.05) is 30.1 Å². The van der Waals surface area contributed by atoms with Crippen LogP contribution < -0.4 is 5.32 Å². The average molecular weight is 243 g/mol. The molecule has 2 aromatic rings. The zero-order valence-electron chi connectivity index (χ0n) is 11.4. The van der Waals surface area contributed by atoms with Crippen molar-refractivity contribution in [3.05, 3.63) is 42.1 Å². The Morgan fingerprint density at radius 1 is 1.17 bits per heavy atom. The molecule has 0 aliphatic carbocycles. The van der Waals surface area contributed by atoms with Crippen LogP contribution in [0.3, 0.4) is 0 Å². The number of likely N-dealkylation sites (N-methyl/N-ethyl adjacent to an activating group) is 2. The van der Waals surface area contributed by atoms with E-state index in [0.29, 0.717) is 6.04 Å². The molecule has 96 valence electrons. The maximum Gasteiger partial charge on any atom is 0.0705 e. The Labute approximate surface area is 109 Å². The number of nitrogens with one attached hydrogen (secondary N) is 1. The van der Waals surface area contributed by atoms with E-state index < -0.39 is 0 Å². The Kier molecular flexibility index (Phi) is 4.28. The quantitative estimate of drug-likeness (QED) is 0.869. The van der Waals surface area contributed by atoms with Crippen molar-refractivity contribution in [2.24, 2.45) is 0 Å². The van der Waals surface area contributed by atoms with Crippen LogP contribution in [0.4, 0.5) is 0 Å². The molecule has 2 rings (SSSR count). The Morgan fingerprint density at radius 3 is 2.67 bits per heavy atom.